The third kappa shape index (κ3) is 6.59. The van der Waals surface area contributed by atoms with E-state index in [0.717, 1.165) is 32.6 Å². The number of halogens is 1. The summed E-state index contributed by atoms with van der Waals surface area (Å²) in [6.07, 6.45) is 1.92. The summed E-state index contributed by atoms with van der Waals surface area (Å²) in [5.74, 6) is 0.734. The van der Waals surface area contributed by atoms with Crippen molar-refractivity contribution in [1.82, 2.24) is 4.90 Å². The Morgan fingerprint density at radius 3 is 2.27 bits per heavy atom. The summed E-state index contributed by atoms with van der Waals surface area (Å²) in [7, 11) is 0. The van der Waals surface area contributed by atoms with E-state index in [0.29, 0.717) is 23.2 Å². The van der Waals surface area contributed by atoms with Gasteiger partial charge >= 0.3 is 0 Å². The number of amides is 1. The molecule has 37 heavy (non-hydrogen) atoms. The van der Waals surface area contributed by atoms with Crippen LogP contribution in [0.2, 0.25) is 0 Å². The number of carbonyl (C=O) groups is 1. The SMILES string of the molecule is Cc1ccc(N=C2S/C(=C/c3ccc(OCc4ccc(Br)cc4)cc3)C(=O)N2Cc2ccccc2)cc1. The molecule has 0 aromatic heterocycles. The lowest BCUT2D eigenvalue weighted by atomic mass is 10.2. The van der Waals surface area contributed by atoms with Gasteiger partial charge in [0, 0.05) is 4.47 Å². The molecule has 0 N–H and O–H groups in total. The summed E-state index contributed by atoms with van der Waals surface area (Å²) in [5.41, 5.74) is 5.09. The summed E-state index contributed by atoms with van der Waals surface area (Å²) in [5, 5.41) is 0.679. The number of carbonyl (C=O) groups excluding carboxylic acids is 1. The van der Waals surface area contributed by atoms with E-state index in [4.69, 9.17) is 9.73 Å². The van der Waals surface area contributed by atoms with Gasteiger partial charge < -0.3 is 4.74 Å². The summed E-state index contributed by atoms with van der Waals surface area (Å²) in [6.45, 7) is 3.01. The van der Waals surface area contributed by atoms with Gasteiger partial charge in [0.05, 0.1) is 17.1 Å². The van der Waals surface area contributed by atoms with E-state index in [1.807, 2.05) is 116 Å². The number of hydrogen-bond acceptors (Lipinski definition) is 4. The second-order valence-corrected chi connectivity index (χ2v) is 10.6. The number of rotatable bonds is 7. The number of hydrogen-bond donors (Lipinski definition) is 0. The molecule has 1 aliphatic heterocycles. The molecule has 6 heteroatoms. The Balaban J connectivity index is 1.34. The minimum Gasteiger partial charge on any atom is -0.489 e. The smallest absolute Gasteiger partial charge is 0.267 e. The third-order valence-electron chi connectivity index (χ3n) is 5.83. The lowest BCUT2D eigenvalue weighted by molar-refractivity contribution is -0.122. The van der Waals surface area contributed by atoms with Crippen LogP contribution in [-0.2, 0) is 17.9 Å². The van der Waals surface area contributed by atoms with Crippen LogP contribution in [0.25, 0.3) is 6.08 Å². The summed E-state index contributed by atoms with van der Waals surface area (Å²) >= 11 is 4.85. The first kappa shape index (κ1) is 25.1. The molecule has 4 aromatic carbocycles. The van der Waals surface area contributed by atoms with Crippen molar-refractivity contribution in [3.8, 4) is 5.75 Å². The van der Waals surface area contributed by atoms with Gasteiger partial charge in [0.1, 0.15) is 12.4 Å². The zero-order valence-electron chi connectivity index (χ0n) is 20.3. The first-order valence-electron chi connectivity index (χ1n) is 11.9. The molecule has 184 valence electrons. The van der Waals surface area contributed by atoms with E-state index >= 15 is 0 Å². The molecule has 0 spiro atoms. The standard InChI is InChI=1S/C31H25BrN2O2S/c1-22-7-15-27(16-8-22)33-31-34(20-24-5-3-2-4-6-24)30(35)29(37-31)19-23-11-17-28(18-12-23)36-21-25-9-13-26(32)14-10-25/h2-19H,20-21H2,1H3/b29-19+,33-31?. The van der Waals surface area contributed by atoms with E-state index in [1.165, 1.54) is 17.3 Å². The Bertz CT molecular complexity index is 1430. The van der Waals surface area contributed by atoms with Crippen molar-refractivity contribution in [3.63, 3.8) is 0 Å². The minimum atomic E-state index is -0.0460. The van der Waals surface area contributed by atoms with Gasteiger partial charge in [-0.2, -0.15) is 0 Å². The van der Waals surface area contributed by atoms with Gasteiger partial charge in [-0.25, -0.2) is 4.99 Å². The molecule has 0 bridgehead atoms. The maximum Gasteiger partial charge on any atom is 0.267 e. The van der Waals surface area contributed by atoms with Gasteiger partial charge in [-0.1, -0.05) is 88.2 Å². The Hall–Kier alpha value is -3.61. The van der Waals surface area contributed by atoms with E-state index in [-0.39, 0.29) is 5.91 Å². The third-order valence-corrected chi connectivity index (χ3v) is 7.36. The highest BCUT2D eigenvalue weighted by molar-refractivity contribution is 9.10. The number of aliphatic imine (C=N–C) groups is 1. The summed E-state index contributed by atoms with van der Waals surface area (Å²) < 4.78 is 6.96. The van der Waals surface area contributed by atoms with Crippen LogP contribution in [0, 0.1) is 6.92 Å². The van der Waals surface area contributed by atoms with Crippen LogP contribution in [0.3, 0.4) is 0 Å². The molecular weight excluding hydrogens is 544 g/mol. The number of thioether (sulfide) groups is 1. The van der Waals surface area contributed by atoms with Crippen LogP contribution in [0.4, 0.5) is 5.69 Å². The monoisotopic (exact) mass is 568 g/mol. The predicted molar refractivity (Wildman–Crippen MR) is 156 cm³/mol. The highest BCUT2D eigenvalue weighted by Gasteiger charge is 2.33. The van der Waals surface area contributed by atoms with Gasteiger partial charge in [-0.3, -0.25) is 9.69 Å². The van der Waals surface area contributed by atoms with Crippen molar-refractivity contribution in [1.29, 1.82) is 0 Å². The molecule has 1 amide bonds. The molecule has 0 radical (unpaired) electrons. The topological polar surface area (TPSA) is 41.9 Å². The van der Waals surface area contributed by atoms with Crippen LogP contribution in [0.5, 0.6) is 5.75 Å². The molecule has 1 saturated heterocycles. The summed E-state index contributed by atoms with van der Waals surface area (Å²) in [6, 6.07) is 33.8. The molecule has 1 heterocycles. The van der Waals surface area contributed by atoms with Crippen molar-refractivity contribution in [3.05, 3.63) is 135 Å². The van der Waals surface area contributed by atoms with Gasteiger partial charge in [-0.05, 0) is 77.9 Å². The maximum absolute atomic E-state index is 13.4. The number of ether oxygens (including phenoxy) is 1. The summed E-state index contributed by atoms with van der Waals surface area (Å²) in [4.78, 5) is 20.7. The van der Waals surface area contributed by atoms with Crippen molar-refractivity contribution >= 4 is 50.5 Å². The van der Waals surface area contributed by atoms with Crippen molar-refractivity contribution < 1.29 is 9.53 Å². The van der Waals surface area contributed by atoms with E-state index in [1.54, 1.807) is 4.90 Å². The molecule has 5 rings (SSSR count). The van der Waals surface area contributed by atoms with Crippen molar-refractivity contribution in [2.45, 2.75) is 20.1 Å². The van der Waals surface area contributed by atoms with Crippen molar-refractivity contribution in [2.24, 2.45) is 4.99 Å². The van der Waals surface area contributed by atoms with Crippen LogP contribution in [-0.4, -0.2) is 16.0 Å². The number of amidine groups is 1. The largest absolute Gasteiger partial charge is 0.489 e. The Morgan fingerprint density at radius 2 is 1.57 bits per heavy atom. The van der Waals surface area contributed by atoms with E-state index < -0.39 is 0 Å². The fourth-order valence-electron chi connectivity index (χ4n) is 3.79. The second-order valence-electron chi connectivity index (χ2n) is 8.70. The Morgan fingerprint density at radius 1 is 0.865 bits per heavy atom. The van der Waals surface area contributed by atoms with Crippen LogP contribution >= 0.6 is 27.7 Å². The van der Waals surface area contributed by atoms with Gasteiger partial charge in [-0.15, -0.1) is 0 Å². The molecule has 4 nitrogen and oxygen atoms in total. The predicted octanol–water partition coefficient (Wildman–Crippen LogP) is 8.14. The quantitative estimate of drug-likeness (QED) is 0.211. The van der Waals surface area contributed by atoms with E-state index in [2.05, 4.69) is 15.9 Å². The molecule has 0 atom stereocenters. The molecule has 0 saturated carbocycles. The second kappa shape index (κ2) is 11.6. The van der Waals surface area contributed by atoms with Crippen LogP contribution in [0.1, 0.15) is 22.3 Å². The Labute approximate surface area is 229 Å². The maximum atomic E-state index is 13.4. The van der Waals surface area contributed by atoms with Gasteiger partial charge in [0.2, 0.25) is 0 Å². The fourth-order valence-corrected chi connectivity index (χ4v) is 5.05. The van der Waals surface area contributed by atoms with Crippen LogP contribution in [0.15, 0.2) is 117 Å². The minimum absolute atomic E-state index is 0.0460. The number of aryl methyl sites for hydroxylation is 1. The number of nitrogens with zero attached hydrogens (tertiary/aromatic N) is 2. The number of benzene rings is 4. The van der Waals surface area contributed by atoms with Crippen LogP contribution < -0.4 is 4.74 Å². The zero-order valence-corrected chi connectivity index (χ0v) is 22.7. The lowest BCUT2D eigenvalue weighted by Gasteiger charge is -2.15. The van der Waals surface area contributed by atoms with Gasteiger partial charge in [0.25, 0.3) is 5.91 Å². The molecule has 1 aliphatic rings. The average molecular weight is 570 g/mol. The lowest BCUT2D eigenvalue weighted by Crippen LogP contribution is -2.28. The highest BCUT2D eigenvalue weighted by Crippen LogP contribution is 2.35. The molecular formula is C31H25BrN2O2S. The first-order chi connectivity index (χ1) is 18.0. The molecule has 4 aromatic rings. The average Bonchev–Trinajstić information content (AvgIpc) is 3.20. The molecule has 0 unspecified atom stereocenters. The molecule has 1 fully saturated rings. The van der Waals surface area contributed by atoms with E-state index in [9.17, 15) is 4.79 Å². The first-order valence-corrected chi connectivity index (χ1v) is 13.5. The van der Waals surface area contributed by atoms with Gasteiger partial charge in [0.15, 0.2) is 5.17 Å². The highest BCUT2D eigenvalue weighted by atomic mass is 79.9. The molecule has 0 aliphatic carbocycles. The normalized spacial score (nSPS) is 15.5. The fraction of sp³-hybridized carbons (Fsp3) is 0.0968. The van der Waals surface area contributed by atoms with Crippen molar-refractivity contribution in [2.75, 3.05) is 0 Å². The zero-order chi connectivity index (χ0) is 25.6. The Kier molecular flexibility index (Phi) is 7.87.